The third kappa shape index (κ3) is 3.03. The van der Waals surface area contributed by atoms with E-state index in [4.69, 9.17) is 4.74 Å². The van der Waals surface area contributed by atoms with E-state index in [1.807, 2.05) is 18.2 Å². The van der Waals surface area contributed by atoms with Crippen LogP contribution in [-0.2, 0) is 6.54 Å². The van der Waals surface area contributed by atoms with Crippen molar-refractivity contribution in [1.82, 2.24) is 14.8 Å². The molecular formula is C22H22N4O2. The Labute approximate surface area is 163 Å². The van der Waals surface area contributed by atoms with Crippen LogP contribution in [0.3, 0.4) is 0 Å². The minimum atomic E-state index is -0.232. The molecule has 6 nitrogen and oxygen atoms in total. The summed E-state index contributed by atoms with van der Waals surface area (Å²) < 4.78 is 7.44. The van der Waals surface area contributed by atoms with E-state index in [1.165, 1.54) is 16.5 Å². The Hall–Kier alpha value is -3.54. The summed E-state index contributed by atoms with van der Waals surface area (Å²) in [7, 11) is 1.58. The van der Waals surface area contributed by atoms with Crippen LogP contribution < -0.4 is 10.1 Å². The van der Waals surface area contributed by atoms with Crippen molar-refractivity contribution in [3.8, 4) is 17.1 Å². The Balaban J connectivity index is 1.66. The van der Waals surface area contributed by atoms with Gasteiger partial charge in [0, 0.05) is 29.1 Å². The van der Waals surface area contributed by atoms with Crippen LogP contribution in [0.5, 0.6) is 5.75 Å². The second kappa shape index (κ2) is 7.23. The SMILES string of the molecule is CCn1c(-c2cc(NC(=O)c3cccc(OC)c3)n[nH]2)c(C)c2ccccc21. The number of methoxy groups -OCH3 is 1. The molecule has 2 aromatic heterocycles. The summed E-state index contributed by atoms with van der Waals surface area (Å²) in [5.74, 6) is 0.887. The second-order valence-electron chi connectivity index (χ2n) is 6.59. The Morgan fingerprint density at radius 3 is 2.79 bits per heavy atom. The van der Waals surface area contributed by atoms with Crippen molar-refractivity contribution >= 4 is 22.6 Å². The Bertz CT molecular complexity index is 1160. The average molecular weight is 374 g/mol. The van der Waals surface area contributed by atoms with Gasteiger partial charge in [0.25, 0.3) is 5.91 Å². The van der Waals surface area contributed by atoms with Gasteiger partial charge in [-0.3, -0.25) is 9.89 Å². The van der Waals surface area contributed by atoms with E-state index in [-0.39, 0.29) is 5.91 Å². The predicted molar refractivity (Wildman–Crippen MR) is 111 cm³/mol. The summed E-state index contributed by atoms with van der Waals surface area (Å²) in [4.78, 5) is 12.5. The van der Waals surface area contributed by atoms with Gasteiger partial charge in [0.1, 0.15) is 5.75 Å². The van der Waals surface area contributed by atoms with Crippen LogP contribution >= 0.6 is 0 Å². The van der Waals surface area contributed by atoms with Gasteiger partial charge in [0.15, 0.2) is 5.82 Å². The van der Waals surface area contributed by atoms with E-state index < -0.39 is 0 Å². The van der Waals surface area contributed by atoms with E-state index in [2.05, 4.69) is 46.1 Å². The second-order valence-corrected chi connectivity index (χ2v) is 6.59. The van der Waals surface area contributed by atoms with Crippen molar-refractivity contribution in [2.24, 2.45) is 0 Å². The third-order valence-corrected chi connectivity index (χ3v) is 4.95. The molecule has 2 N–H and O–H groups in total. The number of fused-ring (bicyclic) bond motifs is 1. The number of hydrogen-bond acceptors (Lipinski definition) is 3. The third-order valence-electron chi connectivity index (χ3n) is 4.95. The fourth-order valence-corrected chi connectivity index (χ4v) is 3.61. The normalized spacial score (nSPS) is 11.0. The number of nitrogens with zero attached hydrogens (tertiary/aromatic N) is 2. The molecule has 0 aliphatic heterocycles. The number of para-hydroxylation sites is 1. The van der Waals surface area contributed by atoms with Crippen LogP contribution in [0.1, 0.15) is 22.8 Å². The number of ether oxygens (including phenoxy) is 1. The monoisotopic (exact) mass is 374 g/mol. The summed E-state index contributed by atoms with van der Waals surface area (Å²) in [6.07, 6.45) is 0. The number of amides is 1. The first kappa shape index (κ1) is 17.9. The van der Waals surface area contributed by atoms with Crippen molar-refractivity contribution in [1.29, 1.82) is 0 Å². The fraction of sp³-hybridized carbons (Fsp3) is 0.182. The molecule has 6 heteroatoms. The number of aromatic amines is 1. The first-order valence-corrected chi connectivity index (χ1v) is 9.21. The van der Waals surface area contributed by atoms with Gasteiger partial charge in [-0.05, 0) is 43.7 Å². The molecule has 142 valence electrons. The number of rotatable bonds is 5. The lowest BCUT2D eigenvalue weighted by Crippen LogP contribution is -2.12. The molecule has 0 saturated heterocycles. The molecule has 0 spiro atoms. The maximum atomic E-state index is 12.5. The molecule has 0 bridgehead atoms. The largest absolute Gasteiger partial charge is 0.497 e. The first-order valence-electron chi connectivity index (χ1n) is 9.21. The van der Waals surface area contributed by atoms with Crippen LogP contribution in [-0.4, -0.2) is 27.8 Å². The molecule has 4 aromatic rings. The molecule has 1 amide bonds. The van der Waals surface area contributed by atoms with Gasteiger partial charge in [-0.2, -0.15) is 5.10 Å². The van der Waals surface area contributed by atoms with Gasteiger partial charge in [0.2, 0.25) is 0 Å². The summed E-state index contributed by atoms with van der Waals surface area (Å²) in [6, 6.07) is 17.2. The molecule has 28 heavy (non-hydrogen) atoms. The van der Waals surface area contributed by atoms with Crippen LogP contribution in [0.15, 0.2) is 54.6 Å². The summed E-state index contributed by atoms with van der Waals surface area (Å²) in [5, 5.41) is 11.4. The number of hydrogen-bond donors (Lipinski definition) is 2. The van der Waals surface area contributed by atoms with Crippen molar-refractivity contribution in [3.05, 3.63) is 65.7 Å². The molecule has 4 rings (SSSR count). The maximum Gasteiger partial charge on any atom is 0.256 e. The van der Waals surface area contributed by atoms with E-state index >= 15 is 0 Å². The number of H-pyrrole nitrogens is 1. The number of carbonyl (C=O) groups is 1. The quantitative estimate of drug-likeness (QED) is 0.535. The predicted octanol–water partition coefficient (Wildman–Crippen LogP) is 4.62. The Morgan fingerprint density at radius 1 is 1.18 bits per heavy atom. The average Bonchev–Trinajstić information content (AvgIpc) is 3.30. The number of carbonyl (C=O) groups excluding carboxylic acids is 1. The molecule has 0 saturated carbocycles. The van der Waals surface area contributed by atoms with Crippen LogP contribution in [0.2, 0.25) is 0 Å². The highest BCUT2D eigenvalue weighted by Gasteiger charge is 2.17. The number of aromatic nitrogens is 3. The number of aryl methyl sites for hydroxylation is 2. The zero-order valence-electron chi connectivity index (χ0n) is 16.1. The smallest absolute Gasteiger partial charge is 0.256 e. The molecule has 2 heterocycles. The van der Waals surface area contributed by atoms with E-state index in [0.29, 0.717) is 17.1 Å². The van der Waals surface area contributed by atoms with Crippen molar-refractivity contribution in [2.75, 3.05) is 12.4 Å². The van der Waals surface area contributed by atoms with E-state index in [1.54, 1.807) is 31.4 Å². The van der Waals surface area contributed by atoms with Crippen LogP contribution in [0, 0.1) is 6.92 Å². The van der Waals surface area contributed by atoms with Crippen molar-refractivity contribution in [3.63, 3.8) is 0 Å². The van der Waals surface area contributed by atoms with Gasteiger partial charge in [-0.25, -0.2) is 0 Å². The van der Waals surface area contributed by atoms with Crippen LogP contribution in [0.4, 0.5) is 5.82 Å². The lowest BCUT2D eigenvalue weighted by Gasteiger charge is -2.06. The minimum absolute atomic E-state index is 0.232. The highest BCUT2D eigenvalue weighted by atomic mass is 16.5. The Morgan fingerprint density at radius 2 is 2.00 bits per heavy atom. The van der Waals surface area contributed by atoms with Crippen molar-refractivity contribution < 1.29 is 9.53 Å². The van der Waals surface area contributed by atoms with E-state index in [9.17, 15) is 4.79 Å². The van der Waals surface area contributed by atoms with Gasteiger partial charge < -0.3 is 14.6 Å². The number of benzene rings is 2. The molecule has 0 fully saturated rings. The fourth-order valence-electron chi connectivity index (χ4n) is 3.61. The van der Waals surface area contributed by atoms with Crippen molar-refractivity contribution in [2.45, 2.75) is 20.4 Å². The topological polar surface area (TPSA) is 71.9 Å². The minimum Gasteiger partial charge on any atom is -0.497 e. The summed E-state index contributed by atoms with van der Waals surface area (Å²) >= 11 is 0. The molecule has 0 aliphatic rings. The van der Waals surface area contributed by atoms with Gasteiger partial charge in [-0.15, -0.1) is 0 Å². The standard InChI is InChI=1S/C22H22N4O2/c1-4-26-19-11-6-5-10-17(19)14(2)21(26)18-13-20(25-24-18)23-22(27)15-8-7-9-16(12-15)28-3/h5-13H,4H2,1-3H3,(H2,23,24,25,27). The lowest BCUT2D eigenvalue weighted by molar-refractivity contribution is 0.102. The number of anilines is 1. The summed E-state index contributed by atoms with van der Waals surface area (Å²) in [6.45, 7) is 5.07. The molecule has 0 atom stereocenters. The highest BCUT2D eigenvalue weighted by molar-refractivity contribution is 6.04. The lowest BCUT2D eigenvalue weighted by atomic mass is 10.1. The van der Waals surface area contributed by atoms with Gasteiger partial charge in [0.05, 0.1) is 18.5 Å². The molecule has 2 aromatic carbocycles. The van der Waals surface area contributed by atoms with Gasteiger partial charge in [-0.1, -0.05) is 24.3 Å². The molecular weight excluding hydrogens is 352 g/mol. The molecule has 0 radical (unpaired) electrons. The van der Waals surface area contributed by atoms with Crippen LogP contribution in [0.25, 0.3) is 22.3 Å². The summed E-state index contributed by atoms with van der Waals surface area (Å²) in [5.41, 5.74) is 4.85. The molecule has 0 aliphatic carbocycles. The zero-order valence-corrected chi connectivity index (χ0v) is 16.1. The first-order chi connectivity index (χ1) is 13.6. The molecule has 0 unspecified atom stereocenters. The van der Waals surface area contributed by atoms with E-state index in [0.717, 1.165) is 17.9 Å². The maximum absolute atomic E-state index is 12.5. The van der Waals surface area contributed by atoms with Gasteiger partial charge >= 0.3 is 0 Å². The number of nitrogens with one attached hydrogen (secondary N) is 2. The highest BCUT2D eigenvalue weighted by Crippen LogP contribution is 2.33. The Kier molecular flexibility index (Phi) is 4.61. The zero-order chi connectivity index (χ0) is 19.7.